The van der Waals surface area contributed by atoms with E-state index in [0.29, 0.717) is 5.69 Å². The Kier molecular flexibility index (Phi) is 2.84. The van der Waals surface area contributed by atoms with E-state index >= 15 is 0 Å². The average molecular weight is 182 g/mol. The van der Waals surface area contributed by atoms with Crippen LogP contribution in [0.2, 0.25) is 0 Å². The third-order valence-corrected chi connectivity index (χ3v) is 1.64. The Morgan fingerprint density at radius 2 is 2.31 bits per heavy atom. The number of halogens is 1. The molecule has 0 fully saturated rings. The number of nitrogens with zero attached hydrogens (tertiary/aromatic N) is 1. The maximum absolute atomic E-state index is 12.7. The second-order valence-electron chi connectivity index (χ2n) is 2.80. The van der Waals surface area contributed by atoms with E-state index < -0.39 is 5.91 Å². The number of rotatable bonds is 3. The molecule has 2 N–H and O–H groups in total. The average Bonchev–Trinajstić information content (AvgIpc) is 2.03. The van der Waals surface area contributed by atoms with Crippen LogP contribution in [-0.4, -0.2) is 19.5 Å². The first-order chi connectivity index (χ1) is 6.09. The van der Waals surface area contributed by atoms with Crippen molar-refractivity contribution in [3.8, 4) is 0 Å². The summed E-state index contributed by atoms with van der Waals surface area (Å²) < 4.78 is 12.7. The first kappa shape index (κ1) is 9.51. The van der Waals surface area contributed by atoms with Gasteiger partial charge < -0.3 is 10.6 Å². The lowest BCUT2D eigenvalue weighted by Gasteiger charge is -2.16. The minimum absolute atomic E-state index is 0.0868. The van der Waals surface area contributed by atoms with Crippen LogP contribution in [0.1, 0.15) is 0 Å². The number of benzene rings is 1. The van der Waals surface area contributed by atoms with Gasteiger partial charge in [-0.3, -0.25) is 4.79 Å². The van der Waals surface area contributed by atoms with E-state index in [1.807, 2.05) is 0 Å². The molecule has 70 valence electrons. The van der Waals surface area contributed by atoms with Crippen molar-refractivity contribution >= 4 is 11.6 Å². The number of carbonyl (C=O) groups is 1. The van der Waals surface area contributed by atoms with Gasteiger partial charge in [0.2, 0.25) is 5.91 Å². The maximum Gasteiger partial charge on any atom is 0.236 e. The van der Waals surface area contributed by atoms with Gasteiger partial charge in [-0.1, -0.05) is 6.07 Å². The van der Waals surface area contributed by atoms with Gasteiger partial charge in [-0.25, -0.2) is 4.39 Å². The van der Waals surface area contributed by atoms with Gasteiger partial charge in [0.1, 0.15) is 5.82 Å². The molecule has 0 saturated carbocycles. The molecule has 0 radical (unpaired) electrons. The predicted molar refractivity (Wildman–Crippen MR) is 48.9 cm³/mol. The van der Waals surface area contributed by atoms with Crippen LogP contribution in [0.4, 0.5) is 10.1 Å². The first-order valence-corrected chi connectivity index (χ1v) is 3.84. The highest BCUT2D eigenvalue weighted by molar-refractivity contribution is 5.79. The van der Waals surface area contributed by atoms with Crippen LogP contribution in [0, 0.1) is 5.82 Å². The van der Waals surface area contributed by atoms with Crippen LogP contribution in [0.25, 0.3) is 0 Å². The Labute approximate surface area is 76.0 Å². The molecule has 0 aromatic heterocycles. The second kappa shape index (κ2) is 3.89. The molecule has 1 aromatic carbocycles. The lowest BCUT2D eigenvalue weighted by Crippen LogP contribution is -2.30. The summed E-state index contributed by atoms with van der Waals surface area (Å²) in [5.41, 5.74) is 5.63. The van der Waals surface area contributed by atoms with Crippen molar-refractivity contribution in [3.05, 3.63) is 30.1 Å². The molecular weight excluding hydrogens is 171 g/mol. The Morgan fingerprint density at radius 3 is 2.85 bits per heavy atom. The minimum Gasteiger partial charge on any atom is -0.368 e. The fourth-order valence-electron chi connectivity index (χ4n) is 1.04. The number of hydrogen-bond donors (Lipinski definition) is 1. The van der Waals surface area contributed by atoms with Crippen molar-refractivity contribution in [3.63, 3.8) is 0 Å². The fourth-order valence-corrected chi connectivity index (χ4v) is 1.04. The van der Waals surface area contributed by atoms with Crippen molar-refractivity contribution in [1.82, 2.24) is 0 Å². The predicted octanol–water partition coefficient (Wildman–Crippen LogP) is 0.747. The lowest BCUT2D eigenvalue weighted by molar-refractivity contribution is -0.116. The van der Waals surface area contributed by atoms with Crippen LogP contribution in [0.15, 0.2) is 24.3 Å². The highest BCUT2D eigenvalue weighted by Gasteiger charge is 2.03. The van der Waals surface area contributed by atoms with Crippen molar-refractivity contribution < 1.29 is 9.18 Å². The topological polar surface area (TPSA) is 46.3 Å². The smallest absolute Gasteiger partial charge is 0.236 e. The van der Waals surface area contributed by atoms with E-state index in [4.69, 9.17) is 5.73 Å². The minimum atomic E-state index is -0.438. The molecule has 0 aliphatic heterocycles. The molecule has 0 heterocycles. The molecule has 3 nitrogen and oxygen atoms in total. The van der Waals surface area contributed by atoms with Crippen molar-refractivity contribution in [2.24, 2.45) is 5.73 Å². The maximum atomic E-state index is 12.7. The van der Waals surface area contributed by atoms with Crippen molar-refractivity contribution in [1.29, 1.82) is 0 Å². The van der Waals surface area contributed by atoms with Crippen molar-refractivity contribution in [2.45, 2.75) is 0 Å². The molecule has 0 unspecified atom stereocenters. The summed E-state index contributed by atoms with van der Waals surface area (Å²) in [7, 11) is 1.68. The zero-order chi connectivity index (χ0) is 9.84. The van der Waals surface area contributed by atoms with E-state index in [9.17, 15) is 9.18 Å². The van der Waals surface area contributed by atoms with Gasteiger partial charge in [-0.05, 0) is 18.2 Å². The number of nitrogens with two attached hydrogens (primary N) is 1. The summed E-state index contributed by atoms with van der Waals surface area (Å²) in [5.74, 6) is -0.763. The highest BCUT2D eigenvalue weighted by atomic mass is 19.1. The normalized spacial score (nSPS) is 9.69. The van der Waals surface area contributed by atoms with E-state index in [0.717, 1.165) is 0 Å². The molecule has 4 heteroatoms. The Hall–Kier alpha value is -1.58. The number of amides is 1. The molecule has 0 bridgehead atoms. The number of hydrogen-bond acceptors (Lipinski definition) is 2. The number of primary amides is 1. The molecule has 0 atom stereocenters. The van der Waals surface area contributed by atoms with E-state index in [2.05, 4.69) is 0 Å². The zero-order valence-electron chi connectivity index (χ0n) is 7.33. The summed E-state index contributed by atoms with van der Waals surface area (Å²) in [4.78, 5) is 12.1. The van der Waals surface area contributed by atoms with Gasteiger partial charge in [0.25, 0.3) is 0 Å². The SMILES string of the molecule is CN(CC(N)=O)c1cccc(F)c1. The molecule has 1 aromatic rings. The molecule has 0 saturated heterocycles. The lowest BCUT2D eigenvalue weighted by atomic mass is 10.3. The molecule has 1 rings (SSSR count). The van der Waals surface area contributed by atoms with E-state index in [1.165, 1.54) is 12.1 Å². The summed E-state index contributed by atoms with van der Waals surface area (Å²) in [6, 6.07) is 6.00. The van der Waals surface area contributed by atoms with Crippen LogP contribution in [0.3, 0.4) is 0 Å². The van der Waals surface area contributed by atoms with Gasteiger partial charge in [0, 0.05) is 12.7 Å². The van der Waals surface area contributed by atoms with Gasteiger partial charge in [-0.15, -0.1) is 0 Å². The Morgan fingerprint density at radius 1 is 1.62 bits per heavy atom. The molecule has 0 spiro atoms. The zero-order valence-corrected chi connectivity index (χ0v) is 7.33. The van der Waals surface area contributed by atoms with Gasteiger partial charge in [0.05, 0.1) is 6.54 Å². The number of carbonyl (C=O) groups excluding carboxylic acids is 1. The monoisotopic (exact) mass is 182 g/mol. The van der Waals surface area contributed by atoms with E-state index in [-0.39, 0.29) is 12.4 Å². The molecule has 0 aliphatic rings. The Balaban J connectivity index is 2.76. The number of anilines is 1. The summed E-state index contributed by atoms with van der Waals surface area (Å²) >= 11 is 0. The molecular formula is C9H11FN2O. The third-order valence-electron chi connectivity index (χ3n) is 1.64. The standard InChI is InChI=1S/C9H11FN2O/c1-12(6-9(11)13)8-4-2-3-7(10)5-8/h2-5H,6H2,1H3,(H2,11,13). The summed E-state index contributed by atoms with van der Waals surface area (Å²) in [6.45, 7) is 0.0868. The highest BCUT2D eigenvalue weighted by Crippen LogP contribution is 2.12. The van der Waals surface area contributed by atoms with Gasteiger partial charge in [-0.2, -0.15) is 0 Å². The summed E-state index contributed by atoms with van der Waals surface area (Å²) in [6.07, 6.45) is 0. The second-order valence-corrected chi connectivity index (χ2v) is 2.80. The van der Waals surface area contributed by atoms with Crippen LogP contribution in [-0.2, 0) is 4.79 Å². The fraction of sp³-hybridized carbons (Fsp3) is 0.222. The van der Waals surface area contributed by atoms with E-state index in [1.54, 1.807) is 24.1 Å². The van der Waals surface area contributed by atoms with Crippen molar-refractivity contribution in [2.75, 3.05) is 18.5 Å². The van der Waals surface area contributed by atoms with Crippen LogP contribution < -0.4 is 10.6 Å². The Bertz CT molecular complexity index is 314. The van der Waals surface area contributed by atoms with Crippen LogP contribution in [0.5, 0.6) is 0 Å². The van der Waals surface area contributed by atoms with Gasteiger partial charge in [0.15, 0.2) is 0 Å². The third kappa shape index (κ3) is 2.74. The molecule has 13 heavy (non-hydrogen) atoms. The first-order valence-electron chi connectivity index (χ1n) is 3.84. The van der Waals surface area contributed by atoms with Gasteiger partial charge >= 0.3 is 0 Å². The van der Waals surface area contributed by atoms with Crippen LogP contribution >= 0.6 is 0 Å². The molecule has 1 amide bonds. The molecule has 0 aliphatic carbocycles. The number of likely N-dealkylation sites (N-methyl/N-ethyl adjacent to an activating group) is 1. The summed E-state index contributed by atoms with van der Waals surface area (Å²) in [5, 5.41) is 0. The largest absolute Gasteiger partial charge is 0.368 e. The quantitative estimate of drug-likeness (QED) is 0.749.